The van der Waals surface area contributed by atoms with Gasteiger partial charge in [0.15, 0.2) is 0 Å². The monoisotopic (exact) mass is 458 g/mol. The third-order valence-corrected chi connectivity index (χ3v) is 6.58. The second kappa shape index (κ2) is 9.07. The Labute approximate surface area is 195 Å². The minimum absolute atomic E-state index is 0.440. The van der Waals surface area contributed by atoms with Gasteiger partial charge in [-0.15, -0.1) is 0 Å². The van der Waals surface area contributed by atoms with Crippen LogP contribution in [0.5, 0.6) is 0 Å². The number of pyridine rings is 2. The largest absolute Gasteiger partial charge is 0.404 e. The summed E-state index contributed by atoms with van der Waals surface area (Å²) in [5.74, 6) is -0.507. The summed E-state index contributed by atoms with van der Waals surface area (Å²) in [6.45, 7) is 0. The van der Waals surface area contributed by atoms with Gasteiger partial charge >= 0.3 is 0 Å². The molecule has 0 saturated heterocycles. The quantitative estimate of drug-likeness (QED) is 0.291. The van der Waals surface area contributed by atoms with Gasteiger partial charge in [-0.2, -0.15) is 9.49 Å². The van der Waals surface area contributed by atoms with Gasteiger partial charge < -0.3 is 10.5 Å². The fraction of sp³-hybridized carbons (Fsp3) is 0.160. The molecular weight excluding hydrogens is 435 g/mol. The van der Waals surface area contributed by atoms with Gasteiger partial charge in [0.05, 0.1) is 11.9 Å². The van der Waals surface area contributed by atoms with Crippen molar-refractivity contribution in [2.45, 2.75) is 18.1 Å². The number of nitrogens with one attached hydrogen (secondary N) is 1. The van der Waals surface area contributed by atoms with E-state index in [1.54, 1.807) is 41.2 Å². The average Bonchev–Trinajstić information content (AvgIpc) is 3.57. The Kier molecular flexibility index (Phi) is 5.83. The molecule has 1 aromatic carbocycles. The third kappa shape index (κ3) is 4.75. The number of hydrogen-bond donors (Lipinski definition) is 2. The maximum atomic E-state index is 14.5. The molecule has 6 nitrogen and oxygen atoms in total. The fourth-order valence-electron chi connectivity index (χ4n) is 3.56. The lowest BCUT2D eigenvalue weighted by molar-refractivity contribution is 0.587. The molecule has 4 aromatic rings. The highest BCUT2D eigenvalue weighted by Gasteiger charge is 2.22. The smallest absolute Gasteiger partial charge is 0.220 e. The third-order valence-electron chi connectivity index (χ3n) is 5.43. The molecule has 0 bridgehead atoms. The predicted molar refractivity (Wildman–Crippen MR) is 132 cm³/mol. The number of hydrogen-bond acceptors (Lipinski definition) is 6. The number of aromatic nitrogens is 4. The Morgan fingerprint density at radius 1 is 1.12 bits per heavy atom. The van der Waals surface area contributed by atoms with Crippen LogP contribution in [0, 0.1) is 5.95 Å². The van der Waals surface area contributed by atoms with Crippen LogP contribution >= 0.6 is 11.9 Å². The summed E-state index contributed by atoms with van der Waals surface area (Å²) < 4.78 is 19.7. The molecule has 0 radical (unpaired) electrons. The molecule has 1 aliphatic carbocycles. The van der Waals surface area contributed by atoms with E-state index in [2.05, 4.69) is 19.8 Å². The van der Waals surface area contributed by atoms with Crippen LogP contribution in [0.15, 0.2) is 73.5 Å². The van der Waals surface area contributed by atoms with Crippen molar-refractivity contribution in [1.82, 2.24) is 19.7 Å². The van der Waals surface area contributed by atoms with Crippen LogP contribution in [0.1, 0.15) is 24.1 Å². The molecule has 1 fully saturated rings. The van der Waals surface area contributed by atoms with Gasteiger partial charge in [-0.25, -0.2) is 4.98 Å². The van der Waals surface area contributed by atoms with Gasteiger partial charge in [0.2, 0.25) is 5.95 Å². The molecule has 0 atom stereocenters. The van der Waals surface area contributed by atoms with Crippen molar-refractivity contribution in [2.24, 2.45) is 12.8 Å². The molecular formula is C25H23FN6S. The molecule has 0 aliphatic heterocycles. The van der Waals surface area contributed by atoms with Crippen LogP contribution in [-0.4, -0.2) is 25.0 Å². The van der Waals surface area contributed by atoms with E-state index in [0.29, 0.717) is 10.8 Å². The molecule has 8 heteroatoms. The van der Waals surface area contributed by atoms with Gasteiger partial charge in [-0.3, -0.25) is 9.67 Å². The first-order valence-electron chi connectivity index (χ1n) is 10.7. The molecule has 0 unspecified atom stereocenters. The van der Waals surface area contributed by atoms with Gasteiger partial charge in [0.1, 0.15) is 0 Å². The van der Waals surface area contributed by atoms with Crippen molar-refractivity contribution in [2.75, 3.05) is 4.72 Å². The standard InChI is InChI=1S/C25H23FN6S/c1-32-15-19(14-30-32)16-4-7-24(29-13-16)23(12-27)18-9-17(22-3-2-8-28-25(22)26)10-20(11-18)31-33-21-5-6-21/h2-4,7-15,21,31H,5-6,27H2,1H3. The molecule has 1 aliphatic rings. The maximum Gasteiger partial charge on any atom is 0.220 e. The van der Waals surface area contributed by atoms with Crippen LogP contribution in [-0.2, 0) is 7.05 Å². The van der Waals surface area contributed by atoms with Crippen LogP contribution in [0.2, 0.25) is 0 Å². The van der Waals surface area contributed by atoms with Gasteiger partial charge in [0, 0.05) is 65.0 Å². The molecule has 3 aromatic heterocycles. The first-order chi connectivity index (χ1) is 16.1. The zero-order valence-corrected chi connectivity index (χ0v) is 18.9. The Morgan fingerprint density at radius 3 is 2.67 bits per heavy atom. The maximum absolute atomic E-state index is 14.5. The van der Waals surface area contributed by atoms with E-state index in [1.807, 2.05) is 49.8 Å². The van der Waals surface area contributed by atoms with Crippen molar-refractivity contribution in [3.8, 4) is 22.3 Å². The summed E-state index contributed by atoms with van der Waals surface area (Å²) in [6.07, 6.45) is 11.0. The molecule has 0 amide bonds. The van der Waals surface area contributed by atoms with Gasteiger partial charge in [0.25, 0.3) is 0 Å². The molecule has 5 rings (SSSR count). The van der Waals surface area contributed by atoms with Crippen molar-refractivity contribution >= 4 is 23.2 Å². The van der Waals surface area contributed by atoms with Crippen LogP contribution in [0.25, 0.3) is 27.8 Å². The second-order valence-electron chi connectivity index (χ2n) is 7.98. The highest BCUT2D eigenvalue weighted by Crippen LogP contribution is 2.37. The zero-order valence-electron chi connectivity index (χ0n) is 18.1. The number of aryl methyl sites for hydroxylation is 1. The summed E-state index contributed by atoms with van der Waals surface area (Å²) in [5, 5.41) is 4.84. The molecule has 1 saturated carbocycles. The number of rotatable bonds is 7. The van der Waals surface area contributed by atoms with Crippen molar-refractivity contribution in [3.63, 3.8) is 0 Å². The van der Waals surface area contributed by atoms with E-state index in [-0.39, 0.29) is 0 Å². The normalized spacial score (nSPS) is 13.8. The van der Waals surface area contributed by atoms with Crippen molar-refractivity contribution < 1.29 is 4.39 Å². The number of halogens is 1. The first kappa shape index (κ1) is 21.2. The predicted octanol–water partition coefficient (Wildman–Crippen LogP) is 5.25. The SMILES string of the molecule is Cn1cc(-c2ccc(C(=CN)c3cc(NSC4CC4)cc(-c4cccnc4F)c3)nc2)cn1. The first-order valence-corrected chi connectivity index (χ1v) is 11.5. The summed E-state index contributed by atoms with van der Waals surface area (Å²) in [6, 6.07) is 13.3. The summed E-state index contributed by atoms with van der Waals surface area (Å²) >= 11 is 1.70. The minimum Gasteiger partial charge on any atom is -0.404 e. The number of benzene rings is 1. The summed E-state index contributed by atoms with van der Waals surface area (Å²) in [7, 11) is 1.88. The lowest BCUT2D eigenvalue weighted by Crippen LogP contribution is -1.99. The number of nitrogens with two attached hydrogens (primary N) is 1. The van der Waals surface area contributed by atoms with E-state index < -0.39 is 5.95 Å². The van der Waals surface area contributed by atoms with E-state index >= 15 is 0 Å². The molecule has 0 spiro atoms. The van der Waals surface area contributed by atoms with E-state index in [1.165, 1.54) is 19.0 Å². The van der Waals surface area contributed by atoms with Crippen LogP contribution in [0.4, 0.5) is 10.1 Å². The highest BCUT2D eigenvalue weighted by atomic mass is 32.2. The Hall–Kier alpha value is -3.65. The molecule has 33 heavy (non-hydrogen) atoms. The van der Waals surface area contributed by atoms with Crippen LogP contribution in [0.3, 0.4) is 0 Å². The average molecular weight is 459 g/mol. The lowest BCUT2D eigenvalue weighted by Gasteiger charge is -2.14. The van der Waals surface area contributed by atoms with Gasteiger partial charge in [-0.1, -0.05) is 6.07 Å². The lowest BCUT2D eigenvalue weighted by atomic mass is 9.97. The van der Waals surface area contributed by atoms with E-state index in [9.17, 15) is 4.39 Å². The Bertz CT molecular complexity index is 1310. The van der Waals surface area contributed by atoms with E-state index in [0.717, 1.165) is 39.2 Å². The highest BCUT2D eigenvalue weighted by molar-refractivity contribution is 8.01. The zero-order chi connectivity index (χ0) is 22.8. The number of nitrogens with zero attached hydrogens (tertiary/aromatic N) is 4. The molecule has 3 N–H and O–H groups in total. The summed E-state index contributed by atoms with van der Waals surface area (Å²) in [5.41, 5.74) is 12.4. The fourth-order valence-corrected chi connectivity index (χ4v) is 4.35. The summed E-state index contributed by atoms with van der Waals surface area (Å²) in [4.78, 5) is 8.46. The van der Waals surface area contributed by atoms with E-state index in [4.69, 9.17) is 5.73 Å². The van der Waals surface area contributed by atoms with Crippen molar-refractivity contribution in [1.29, 1.82) is 0 Å². The topological polar surface area (TPSA) is 81.6 Å². The molecule has 3 heterocycles. The number of anilines is 1. The molecule has 166 valence electrons. The van der Waals surface area contributed by atoms with Crippen LogP contribution < -0.4 is 10.5 Å². The second-order valence-corrected chi connectivity index (χ2v) is 9.08. The van der Waals surface area contributed by atoms with Gasteiger partial charge in [-0.05, 0) is 72.3 Å². The minimum atomic E-state index is -0.507. The Balaban J connectivity index is 1.52. The van der Waals surface area contributed by atoms with Crippen molar-refractivity contribution in [3.05, 3.63) is 90.7 Å². The Morgan fingerprint density at radius 2 is 2.00 bits per heavy atom.